The molecule has 37 heavy (non-hydrogen) atoms. The zero-order valence-corrected chi connectivity index (χ0v) is 21.5. The molecule has 2 saturated heterocycles. The lowest BCUT2D eigenvalue weighted by molar-refractivity contribution is -0.138. The van der Waals surface area contributed by atoms with Gasteiger partial charge in [0.25, 0.3) is 0 Å². The van der Waals surface area contributed by atoms with Crippen molar-refractivity contribution in [2.24, 2.45) is 0 Å². The van der Waals surface area contributed by atoms with Crippen molar-refractivity contribution in [2.75, 3.05) is 32.1 Å². The van der Waals surface area contributed by atoms with Crippen LogP contribution in [-0.4, -0.2) is 59.3 Å². The number of hydrogen-bond acceptors (Lipinski definition) is 8. The molecule has 4 aliphatic rings. The number of ether oxygens (including phenoxy) is 3. The van der Waals surface area contributed by atoms with E-state index in [2.05, 4.69) is 20.2 Å². The van der Waals surface area contributed by atoms with Crippen LogP contribution in [-0.2, 0) is 22.5 Å². The van der Waals surface area contributed by atoms with Gasteiger partial charge in [-0.15, -0.1) is 12.4 Å². The van der Waals surface area contributed by atoms with Crippen LogP contribution in [0.5, 0.6) is 11.6 Å². The molecule has 196 valence electrons. The van der Waals surface area contributed by atoms with Gasteiger partial charge in [0.05, 0.1) is 42.9 Å². The Hall–Kier alpha value is -3.01. The van der Waals surface area contributed by atoms with Crippen molar-refractivity contribution in [1.82, 2.24) is 14.9 Å². The molecule has 0 spiro atoms. The van der Waals surface area contributed by atoms with E-state index < -0.39 is 0 Å². The zero-order valence-electron chi connectivity index (χ0n) is 20.7. The second kappa shape index (κ2) is 10.4. The Morgan fingerprint density at radius 2 is 2.08 bits per heavy atom. The number of nitrogens with zero attached hydrogens (tertiary/aromatic N) is 3. The predicted molar refractivity (Wildman–Crippen MR) is 139 cm³/mol. The number of hydrogen-bond donors (Lipinski definition) is 1. The molecule has 1 N–H and O–H groups in total. The highest BCUT2D eigenvalue weighted by Gasteiger charge is 2.45. The molecular formula is C27H30ClFN4O4. The molecule has 0 atom stereocenters. The van der Waals surface area contributed by atoms with Gasteiger partial charge < -0.3 is 19.5 Å². The van der Waals surface area contributed by atoms with E-state index >= 15 is 4.39 Å². The number of anilines is 1. The monoisotopic (exact) mass is 528 g/mol. The van der Waals surface area contributed by atoms with Crippen molar-refractivity contribution in [3.63, 3.8) is 0 Å². The zero-order chi connectivity index (χ0) is 24.7. The number of pyridine rings is 2. The van der Waals surface area contributed by atoms with Gasteiger partial charge in [-0.25, -0.2) is 14.2 Å². The minimum Gasteiger partial charge on any atom is -0.497 e. The SMILES string of the molecule is COc1ccc2ncc(F)c(CCN(Cc3ccc4c(n3)OC(=O)CN4)C34CCC(CC3)OC4)c2c1.Cl. The van der Waals surface area contributed by atoms with E-state index in [4.69, 9.17) is 14.2 Å². The van der Waals surface area contributed by atoms with Gasteiger partial charge in [-0.2, -0.15) is 0 Å². The maximum atomic E-state index is 15.1. The summed E-state index contributed by atoms with van der Waals surface area (Å²) in [6.07, 6.45) is 6.27. The normalized spacial score (nSPS) is 22.2. The summed E-state index contributed by atoms with van der Waals surface area (Å²) in [4.78, 5) is 23.0. The van der Waals surface area contributed by atoms with Gasteiger partial charge in [0, 0.05) is 29.6 Å². The van der Waals surface area contributed by atoms with Gasteiger partial charge >= 0.3 is 5.97 Å². The predicted octanol–water partition coefficient (Wildman–Crippen LogP) is 4.29. The molecule has 1 aromatic carbocycles. The van der Waals surface area contributed by atoms with Crippen molar-refractivity contribution >= 4 is 35.0 Å². The van der Waals surface area contributed by atoms with Crippen LogP contribution in [0.15, 0.2) is 36.5 Å². The topological polar surface area (TPSA) is 85.8 Å². The molecule has 1 saturated carbocycles. The average Bonchev–Trinajstić information content (AvgIpc) is 2.92. The van der Waals surface area contributed by atoms with Gasteiger partial charge in [0.15, 0.2) is 0 Å². The van der Waals surface area contributed by atoms with E-state index in [0.29, 0.717) is 55.1 Å². The highest BCUT2D eigenvalue weighted by atomic mass is 35.5. The van der Waals surface area contributed by atoms with Crippen LogP contribution < -0.4 is 14.8 Å². The maximum absolute atomic E-state index is 15.1. The van der Waals surface area contributed by atoms with E-state index in [1.54, 1.807) is 7.11 Å². The summed E-state index contributed by atoms with van der Waals surface area (Å²) in [5.41, 5.74) is 2.75. The second-order valence-corrected chi connectivity index (χ2v) is 9.86. The van der Waals surface area contributed by atoms with E-state index in [0.717, 1.165) is 42.3 Å². The average molecular weight is 529 g/mol. The lowest BCUT2D eigenvalue weighted by Gasteiger charge is -2.52. The van der Waals surface area contributed by atoms with Crippen molar-refractivity contribution in [3.8, 4) is 11.6 Å². The molecule has 2 bridgehead atoms. The number of rotatable bonds is 7. The Morgan fingerprint density at radius 1 is 1.24 bits per heavy atom. The van der Waals surface area contributed by atoms with Crippen molar-refractivity contribution in [1.29, 1.82) is 0 Å². The minimum absolute atomic E-state index is 0. The molecule has 0 unspecified atom stereocenters. The molecule has 3 aromatic rings. The van der Waals surface area contributed by atoms with Gasteiger partial charge in [-0.05, 0) is 62.4 Å². The van der Waals surface area contributed by atoms with Crippen molar-refractivity contribution < 1.29 is 23.4 Å². The molecule has 7 rings (SSSR count). The highest BCUT2D eigenvalue weighted by molar-refractivity contribution is 5.85. The number of halogens is 2. The van der Waals surface area contributed by atoms with Gasteiger partial charge in [-0.1, -0.05) is 0 Å². The van der Waals surface area contributed by atoms with Crippen molar-refractivity contribution in [3.05, 3.63) is 53.6 Å². The molecule has 1 aliphatic carbocycles. The summed E-state index contributed by atoms with van der Waals surface area (Å²) >= 11 is 0. The Balaban J connectivity index is 0.00000280. The Kier molecular flexibility index (Phi) is 7.20. The fourth-order valence-electron chi connectivity index (χ4n) is 5.72. The Labute approximate surface area is 220 Å². The summed E-state index contributed by atoms with van der Waals surface area (Å²) in [6, 6.07) is 9.40. The molecule has 10 heteroatoms. The molecule has 0 radical (unpaired) electrons. The molecule has 5 heterocycles. The number of benzene rings is 1. The van der Waals surface area contributed by atoms with Crippen LogP contribution in [0.25, 0.3) is 10.9 Å². The Bertz CT molecular complexity index is 1300. The van der Waals surface area contributed by atoms with Gasteiger partial charge in [-0.3, -0.25) is 9.88 Å². The van der Waals surface area contributed by atoms with Gasteiger partial charge in [0.2, 0.25) is 5.88 Å². The minimum atomic E-state index is -0.350. The molecule has 3 fully saturated rings. The number of nitrogens with one attached hydrogen (secondary N) is 1. The van der Waals surface area contributed by atoms with Crippen LogP contribution in [0.1, 0.15) is 36.9 Å². The Morgan fingerprint density at radius 3 is 2.84 bits per heavy atom. The first-order valence-electron chi connectivity index (χ1n) is 12.5. The quantitative estimate of drug-likeness (QED) is 0.455. The van der Waals surface area contributed by atoms with Crippen LogP contribution >= 0.6 is 12.4 Å². The first-order valence-corrected chi connectivity index (χ1v) is 12.5. The first kappa shape index (κ1) is 25.6. The van der Waals surface area contributed by atoms with E-state index in [1.807, 2.05) is 30.3 Å². The molecule has 3 aliphatic heterocycles. The third-order valence-corrected chi connectivity index (χ3v) is 7.79. The molecular weight excluding hydrogens is 499 g/mol. The highest BCUT2D eigenvalue weighted by Crippen LogP contribution is 2.41. The molecule has 8 nitrogen and oxygen atoms in total. The summed E-state index contributed by atoms with van der Waals surface area (Å²) in [7, 11) is 1.60. The second-order valence-electron chi connectivity index (χ2n) is 9.86. The lowest BCUT2D eigenvalue weighted by atomic mass is 9.76. The fraction of sp³-hybridized carbons (Fsp3) is 0.444. The summed E-state index contributed by atoms with van der Waals surface area (Å²) in [6.45, 7) is 1.97. The van der Waals surface area contributed by atoms with Gasteiger partial charge in [0.1, 0.15) is 18.1 Å². The largest absolute Gasteiger partial charge is 0.497 e. The molecule has 0 amide bonds. The van der Waals surface area contributed by atoms with Crippen LogP contribution in [0.2, 0.25) is 0 Å². The smallest absolute Gasteiger partial charge is 0.332 e. The lowest BCUT2D eigenvalue weighted by Crippen LogP contribution is -2.59. The van der Waals surface area contributed by atoms with E-state index in [-0.39, 0.29) is 36.3 Å². The van der Waals surface area contributed by atoms with Crippen LogP contribution in [0.4, 0.5) is 10.1 Å². The standard InChI is InChI=1S/C27H29FN4O4.ClH/c1-34-19-3-5-23-21(12-19)20(22(28)13-29-23)8-11-32(27-9-6-18(7-10-27)35-16-27)15-17-2-4-24-26(31-17)36-25(33)14-30-24;/h2-5,12-13,18,30H,6-11,14-16H2,1H3;1H. The number of methoxy groups -OCH3 is 1. The number of fused-ring (bicyclic) bond motifs is 5. The summed E-state index contributed by atoms with van der Waals surface area (Å²) in [5.74, 6) is 0.314. The van der Waals surface area contributed by atoms with Crippen LogP contribution in [0, 0.1) is 5.82 Å². The first-order chi connectivity index (χ1) is 17.5. The third kappa shape index (κ3) is 4.95. The van der Waals surface area contributed by atoms with E-state index in [1.165, 1.54) is 6.20 Å². The maximum Gasteiger partial charge on any atom is 0.332 e. The third-order valence-electron chi connectivity index (χ3n) is 7.79. The van der Waals surface area contributed by atoms with Crippen molar-refractivity contribution in [2.45, 2.75) is 50.3 Å². The van der Waals surface area contributed by atoms with Crippen LogP contribution in [0.3, 0.4) is 0 Å². The summed E-state index contributed by atoms with van der Waals surface area (Å²) < 4.78 is 31.9. The number of carbonyl (C=O) groups is 1. The summed E-state index contributed by atoms with van der Waals surface area (Å²) in [5, 5.41) is 3.80. The number of aromatic nitrogens is 2. The van der Waals surface area contributed by atoms with E-state index in [9.17, 15) is 4.79 Å². The molecule has 2 aromatic heterocycles. The fourth-order valence-corrected chi connectivity index (χ4v) is 5.72. The number of carbonyl (C=O) groups excluding carboxylic acids is 1. The number of esters is 1.